The molecule has 0 bridgehead atoms. The van der Waals surface area contributed by atoms with Gasteiger partial charge >= 0.3 is 5.97 Å². The Bertz CT molecular complexity index is 957. The van der Waals surface area contributed by atoms with Gasteiger partial charge in [-0.1, -0.05) is 36.0 Å². The third-order valence-corrected chi connectivity index (χ3v) is 4.76. The van der Waals surface area contributed by atoms with Gasteiger partial charge in [0, 0.05) is 11.4 Å². The normalized spacial score (nSPS) is 10.4. The summed E-state index contributed by atoms with van der Waals surface area (Å²) in [6.07, 6.45) is 1.61. The Labute approximate surface area is 160 Å². The predicted molar refractivity (Wildman–Crippen MR) is 103 cm³/mol. The SMILES string of the molecule is COC(=O)c1ccc(C)c(NC(=O)CSc2nncn2-c2ccccc2)c1. The largest absolute Gasteiger partial charge is 0.465 e. The maximum atomic E-state index is 12.4. The van der Waals surface area contributed by atoms with Crippen LogP contribution in [0.25, 0.3) is 5.69 Å². The van der Waals surface area contributed by atoms with Gasteiger partial charge in [0.2, 0.25) is 5.91 Å². The van der Waals surface area contributed by atoms with Gasteiger partial charge < -0.3 is 10.1 Å². The summed E-state index contributed by atoms with van der Waals surface area (Å²) in [7, 11) is 1.32. The second kappa shape index (κ2) is 8.50. The summed E-state index contributed by atoms with van der Waals surface area (Å²) in [5.41, 5.74) is 2.74. The number of carbonyl (C=O) groups is 2. The van der Waals surface area contributed by atoms with Crippen LogP contribution < -0.4 is 5.32 Å². The molecule has 8 heteroatoms. The average Bonchev–Trinajstić information content (AvgIpc) is 3.17. The smallest absolute Gasteiger partial charge is 0.337 e. The number of thioether (sulfide) groups is 1. The molecule has 1 amide bonds. The first kappa shape index (κ1) is 18.7. The van der Waals surface area contributed by atoms with E-state index in [1.165, 1.54) is 18.9 Å². The lowest BCUT2D eigenvalue weighted by Crippen LogP contribution is -2.16. The van der Waals surface area contributed by atoms with Crippen LogP contribution in [0.4, 0.5) is 5.69 Å². The van der Waals surface area contributed by atoms with Gasteiger partial charge in [0.25, 0.3) is 0 Å². The molecule has 138 valence electrons. The van der Waals surface area contributed by atoms with Crippen molar-refractivity contribution in [1.29, 1.82) is 0 Å². The van der Waals surface area contributed by atoms with E-state index in [4.69, 9.17) is 4.74 Å². The molecular weight excluding hydrogens is 364 g/mol. The molecule has 0 fully saturated rings. The average molecular weight is 382 g/mol. The van der Waals surface area contributed by atoms with Crippen LogP contribution in [0, 0.1) is 6.92 Å². The lowest BCUT2D eigenvalue weighted by atomic mass is 10.1. The van der Waals surface area contributed by atoms with Crippen LogP contribution in [-0.4, -0.2) is 39.5 Å². The second-order valence-electron chi connectivity index (χ2n) is 5.68. The highest BCUT2D eigenvalue weighted by Crippen LogP contribution is 2.21. The van der Waals surface area contributed by atoms with E-state index < -0.39 is 5.97 Å². The van der Waals surface area contributed by atoms with E-state index in [1.54, 1.807) is 24.5 Å². The standard InChI is InChI=1S/C19H18N4O3S/c1-13-8-9-14(18(25)26-2)10-16(13)21-17(24)11-27-19-22-20-12-23(19)15-6-4-3-5-7-15/h3-10,12H,11H2,1-2H3,(H,21,24). The predicted octanol–water partition coefficient (Wildman–Crippen LogP) is 3.09. The molecule has 0 unspecified atom stereocenters. The van der Waals surface area contributed by atoms with Crippen LogP contribution in [0.5, 0.6) is 0 Å². The molecule has 0 aliphatic carbocycles. The highest BCUT2D eigenvalue weighted by Gasteiger charge is 2.13. The minimum Gasteiger partial charge on any atom is -0.465 e. The van der Waals surface area contributed by atoms with Crippen LogP contribution >= 0.6 is 11.8 Å². The Hall–Kier alpha value is -3.13. The van der Waals surface area contributed by atoms with Gasteiger partial charge in [-0.15, -0.1) is 10.2 Å². The molecule has 0 aliphatic rings. The van der Waals surface area contributed by atoms with Crippen molar-refractivity contribution < 1.29 is 14.3 Å². The summed E-state index contributed by atoms with van der Waals surface area (Å²) in [6, 6.07) is 14.7. The van der Waals surface area contributed by atoms with Crippen molar-refractivity contribution in [2.75, 3.05) is 18.2 Å². The number of nitrogens with zero attached hydrogens (tertiary/aromatic N) is 3. The Balaban J connectivity index is 1.66. The van der Waals surface area contributed by atoms with Crippen molar-refractivity contribution in [2.24, 2.45) is 0 Å². The molecular formula is C19H18N4O3S. The van der Waals surface area contributed by atoms with E-state index in [0.29, 0.717) is 16.4 Å². The maximum absolute atomic E-state index is 12.4. The molecule has 1 aromatic heterocycles. The summed E-state index contributed by atoms with van der Waals surface area (Å²) in [4.78, 5) is 24.0. The zero-order valence-electron chi connectivity index (χ0n) is 14.9. The van der Waals surface area contributed by atoms with Crippen LogP contribution in [0.2, 0.25) is 0 Å². The fourth-order valence-corrected chi connectivity index (χ4v) is 3.14. The quantitative estimate of drug-likeness (QED) is 0.521. The summed E-state index contributed by atoms with van der Waals surface area (Å²) < 4.78 is 6.53. The number of methoxy groups -OCH3 is 1. The van der Waals surface area contributed by atoms with Crippen LogP contribution in [0.15, 0.2) is 60.0 Å². The molecule has 3 rings (SSSR count). The molecule has 0 saturated carbocycles. The lowest BCUT2D eigenvalue weighted by Gasteiger charge is -2.10. The van der Waals surface area contributed by atoms with Crippen molar-refractivity contribution in [2.45, 2.75) is 12.1 Å². The number of anilines is 1. The fourth-order valence-electron chi connectivity index (χ4n) is 2.41. The van der Waals surface area contributed by atoms with Crippen LogP contribution in [-0.2, 0) is 9.53 Å². The summed E-state index contributed by atoms with van der Waals surface area (Å²) in [6.45, 7) is 1.86. The number of aromatic nitrogens is 3. The van der Waals surface area contributed by atoms with E-state index in [9.17, 15) is 9.59 Å². The fraction of sp³-hybridized carbons (Fsp3) is 0.158. The van der Waals surface area contributed by atoms with Gasteiger partial charge in [0.05, 0.1) is 18.4 Å². The third kappa shape index (κ3) is 4.53. The first-order valence-electron chi connectivity index (χ1n) is 8.15. The molecule has 7 nitrogen and oxygen atoms in total. The van der Waals surface area contributed by atoms with Crippen molar-refractivity contribution >= 4 is 29.3 Å². The molecule has 2 aromatic carbocycles. The van der Waals surface area contributed by atoms with Crippen molar-refractivity contribution in [1.82, 2.24) is 14.8 Å². The van der Waals surface area contributed by atoms with Gasteiger partial charge in [-0.05, 0) is 36.8 Å². The number of benzene rings is 2. The monoisotopic (exact) mass is 382 g/mol. The van der Waals surface area contributed by atoms with E-state index in [2.05, 4.69) is 15.5 Å². The zero-order chi connectivity index (χ0) is 19.2. The number of nitrogens with one attached hydrogen (secondary N) is 1. The Kier molecular flexibility index (Phi) is 5.87. The van der Waals surface area contributed by atoms with Gasteiger partial charge in [0.1, 0.15) is 6.33 Å². The molecule has 0 radical (unpaired) electrons. The highest BCUT2D eigenvalue weighted by atomic mass is 32.2. The first-order valence-corrected chi connectivity index (χ1v) is 9.14. The number of para-hydroxylation sites is 1. The van der Waals surface area contributed by atoms with Crippen molar-refractivity contribution in [3.05, 3.63) is 66.0 Å². The van der Waals surface area contributed by atoms with Gasteiger partial charge in [-0.3, -0.25) is 9.36 Å². The minimum atomic E-state index is -0.448. The number of hydrogen-bond donors (Lipinski definition) is 1. The number of aryl methyl sites for hydroxylation is 1. The molecule has 0 aliphatic heterocycles. The number of hydrogen-bond acceptors (Lipinski definition) is 6. The lowest BCUT2D eigenvalue weighted by molar-refractivity contribution is -0.113. The summed E-state index contributed by atoms with van der Waals surface area (Å²) in [5.74, 6) is -0.489. The molecule has 27 heavy (non-hydrogen) atoms. The topological polar surface area (TPSA) is 86.1 Å². The van der Waals surface area contributed by atoms with Crippen LogP contribution in [0.1, 0.15) is 15.9 Å². The van der Waals surface area contributed by atoms with E-state index in [1.807, 2.05) is 41.8 Å². The van der Waals surface area contributed by atoms with E-state index in [-0.39, 0.29) is 11.7 Å². The number of esters is 1. The third-order valence-electron chi connectivity index (χ3n) is 3.82. The van der Waals surface area contributed by atoms with Gasteiger partial charge in [-0.2, -0.15) is 0 Å². The number of carbonyl (C=O) groups excluding carboxylic acids is 2. The van der Waals surface area contributed by atoms with Crippen molar-refractivity contribution in [3.63, 3.8) is 0 Å². The Morgan fingerprint density at radius 3 is 2.70 bits per heavy atom. The molecule has 3 aromatic rings. The second-order valence-corrected chi connectivity index (χ2v) is 6.62. The number of amides is 1. The van der Waals surface area contributed by atoms with Crippen molar-refractivity contribution in [3.8, 4) is 5.69 Å². The Morgan fingerprint density at radius 1 is 1.19 bits per heavy atom. The molecule has 0 saturated heterocycles. The minimum absolute atomic E-state index is 0.160. The molecule has 0 spiro atoms. The summed E-state index contributed by atoms with van der Waals surface area (Å²) >= 11 is 1.28. The van der Waals surface area contributed by atoms with Gasteiger partial charge in [-0.25, -0.2) is 4.79 Å². The molecule has 1 N–H and O–H groups in total. The maximum Gasteiger partial charge on any atom is 0.337 e. The molecule has 0 atom stereocenters. The summed E-state index contributed by atoms with van der Waals surface area (Å²) in [5, 5.41) is 11.4. The number of ether oxygens (including phenoxy) is 1. The van der Waals surface area contributed by atoms with E-state index in [0.717, 1.165) is 11.3 Å². The highest BCUT2D eigenvalue weighted by molar-refractivity contribution is 7.99. The first-order chi connectivity index (χ1) is 13.1. The number of rotatable bonds is 6. The Morgan fingerprint density at radius 2 is 1.96 bits per heavy atom. The van der Waals surface area contributed by atoms with Crippen LogP contribution in [0.3, 0.4) is 0 Å². The van der Waals surface area contributed by atoms with E-state index >= 15 is 0 Å². The zero-order valence-corrected chi connectivity index (χ0v) is 15.7. The van der Waals surface area contributed by atoms with Gasteiger partial charge in [0.15, 0.2) is 5.16 Å². The molecule has 1 heterocycles.